The van der Waals surface area contributed by atoms with Crippen LogP contribution in [0, 0.1) is 0 Å². The summed E-state index contributed by atoms with van der Waals surface area (Å²) in [5.74, 6) is 1.57. The first kappa shape index (κ1) is 21.5. The van der Waals surface area contributed by atoms with E-state index in [1.807, 2.05) is 0 Å². The Hall–Kier alpha value is -3.20. The Balaban J connectivity index is 1.61. The zero-order valence-corrected chi connectivity index (χ0v) is 17.7. The summed E-state index contributed by atoms with van der Waals surface area (Å²) in [6.45, 7) is 7.01. The molecule has 0 spiro atoms. The Bertz CT molecular complexity index is 859. The Kier molecular flexibility index (Phi) is 7.56. The molecule has 0 radical (unpaired) electrons. The third kappa shape index (κ3) is 5.66. The molecule has 1 aliphatic rings. The van der Waals surface area contributed by atoms with Crippen LogP contribution in [0.3, 0.4) is 0 Å². The van der Waals surface area contributed by atoms with E-state index in [0.29, 0.717) is 17.3 Å². The minimum Gasteiger partial charge on any atom is -0.497 e. The molecule has 0 atom stereocenters. The van der Waals surface area contributed by atoms with Gasteiger partial charge in [-0.3, -0.25) is 14.7 Å². The highest BCUT2D eigenvalue weighted by atomic mass is 16.5. The summed E-state index contributed by atoms with van der Waals surface area (Å²) >= 11 is 0. The number of nitrogens with zero attached hydrogens (tertiary/aromatic N) is 5. The Morgan fingerprint density at radius 2 is 1.83 bits per heavy atom. The number of carbonyl (C=O) groups excluding carboxylic acids is 1. The molecule has 1 aliphatic heterocycles. The first-order valence-electron chi connectivity index (χ1n) is 9.98. The van der Waals surface area contributed by atoms with E-state index in [-0.39, 0.29) is 5.69 Å². The highest BCUT2D eigenvalue weighted by Gasteiger charge is 2.18. The fourth-order valence-corrected chi connectivity index (χ4v) is 3.26. The number of aromatic nitrogens is 2. The first-order valence-corrected chi connectivity index (χ1v) is 9.98. The Morgan fingerprint density at radius 3 is 2.47 bits per heavy atom. The van der Waals surface area contributed by atoms with Gasteiger partial charge in [0.15, 0.2) is 5.69 Å². The van der Waals surface area contributed by atoms with Gasteiger partial charge in [0.1, 0.15) is 17.3 Å². The molecule has 2 aromatic rings. The molecule has 9 nitrogen and oxygen atoms in total. The lowest BCUT2D eigenvalue weighted by Gasteiger charge is -2.35. The highest BCUT2D eigenvalue weighted by molar-refractivity contribution is 5.93. The Morgan fingerprint density at radius 1 is 1.13 bits per heavy atom. The molecule has 0 aliphatic carbocycles. The van der Waals surface area contributed by atoms with Crippen LogP contribution in [-0.2, 0) is 0 Å². The Labute approximate surface area is 176 Å². The summed E-state index contributed by atoms with van der Waals surface area (Å²) in [6.07, 6.45) is 5.81. The second kappa shape index (κ2) is 10.5. The maximum atomic E-state index is 12.4. The van der Waals surface area contributed by atoms with Crippen molar-refractivity contribution in [2.75, 3.05) is 51.8 Å². The first-order chi connectivity index (χ1) is 14.6. The third-order valence-electron chi connectivity index (χ3n) is 4.84. The van der Waals surface area contributed by atoms with Gasteiger partial charge in [0.25, 0.3) is 5.91 Å². The zero-order valence-electron chi connectivity index (χ0n) is 17.7. The molecule has 160 valence electrons. The molecule has 30 heavy (non-hydrogen) atoms. The average Bonchev–Trinajstić information content (AvgIpc) is 2.79. The lowest BCUT2D eigenvalue weighted by molar-refractivity contribution is 0.0950. The maximum Gasteiger partial charge on any atom is 0.291 e. The zero-order chi connectivity index (χ0) is 21.3. The number of piperazine rings is 1. The maximum absolute atomic E-state index is 12.4. The van der Waals surface area contributed by atoms with Crippen LogP contribution < -0.4 is 19.8 Å². The molecule has 3 rings (SSSR count). The number of hydrogen-bond acceptors (Lipinski definition) is 8. The van der Waals surface area contributed by atoms with Gasteiger partial charge in [-0.05, 0) is 25.1 Å². The van der Waals surface area contributed by atoms with Gasteiger partial charge in [-0.15, -0.1) is 0 Å². The molecular weight excluding hydrogens is 384 g/mol. The third-order valence-corrected chi connectivity index (χ3v) is 4.84. The van der Waals surface area contributed by atoms with Crippen LogP contribution in [0.2, 0.25) is 0 Å². The molecule has 1 aromatic carbocycles. The summed E-state index contributed by atoms with van der Waals surface area (Å²) in [4.78, 5) is 25.7. The predicted octanol–water partition coefficient (Wildman–Crippen LogP) is 1.79. The summed E-state index contributed by atoms with van der Waals surface area (Å²) in [5, 5.41) is 4.02. The van der Waals surface area contributed by atoms with Crippen LogP contribution in [0.25, 0.3) is 0 Å². The molecular formula is C21H28N6O3. The van der Waals surface area contributed by atoms with Crippen molar-refractivity contribution in [1.29, 1.82) is 0 Å². The minimum absolute atomic E-state index is 0.226. The number of methoxy groups -OCH3 is 2. The van der Waals surface area contributed by atoms with Crippen molar-refractivity contribution in [2.45, 2.75) is 13.3 Å². The lowest BCUT2D eigenvalue weighted by atomic mass is 10.2. The molecule has 2 heterocycles. The normalized spacial score (nSPS) is 14.7. The van der Waals surface area contributed by atoms with Crippen molar-refractivity contribution >= 4 is 17.9 Å². The number of ether oxygens (including phenoxy) is 2. The number of anilines is 1. The summed E-state index contributed by atoms with van der Waals surface area (Å²) < 4.78 is 10.5. The van der Waals surface area contributed by atoms with Crippen molar-refractivity contribution in [3.05, 3.63) is 41.9 Å². The quantitative estimate of drug-likeness (QED) is 0.522. The molecule has 0 saturated carbocycles. The monoisotopic (exact) mass is 412 g/mol. The number of benzene rings is 1. The topological polar surface area (TPSA) is 92.2 Å². The SMILES string of the molecule is CCCN1CCN(c2cncc(C(=O)NN=Cc3cc(OC)cc(OC)c3)n2)CC1. The average molecular weight is 412 g/mol. The van der Waals surface area contributed by atoms with E-state index in [2.05, 4.69) is 37.2 Å². The van der Waals surface area contributed by atoms with E-state index in [0.717, 1.165) is 44.7 Å². The molecule has 1 N–H and O–H groups in total. The van der Waals surface area contributed by atoms with Crippen LogP contribution in [0.15, 0.2) is 35.7 Å². The van der Waals surface area contributed by atoms with Crippen molar-refractivity contribution in [2.24, 2.45) is 5.10 Å². The highest BCUT2D eigenvalue weighted by Crippen LogP contribution is 2.21. The summed E-state index contributed by atoms with van der Waals surface area (Å²) in [7, 11) is 3.15. The molecule has 0 unspecified atom stereocenters. The number of carbonyl (C=O) groups is 1. The van der Waals surface area contributed by atoms with Crippen LogP contribution >= 0.6 is 0 Å². The molecule has 1 saturated heterocycles. The van der Waals surface area contributed by atoms with Crippen LogP contribution in [0.4, 0.5) is 5.82 Å². The largest absolute Gasteiger partial charge is 0.497 e. The number of hydrogen-bond donors (Lipinski definition) is 1. The molecule has 9 heteroatoms. The van der Waals surface area contributed by atoms with Crippen molar-refractivity contribution in [3.63, 3.8) is 0 Å². The van der Waals surface area contributed by atoms with Gasteiger partial charge in [0.2, 0.25) is 0 Å². The van der Waals surface area contributed by atoms with E-state index in [4.69, 9.17) is 9.47 Å². The molecule has 1 aromatic heterocycles. The second-order valence-electron chi connectivity index (χ2n) is 6.94. The predicted molar refractivity (Wildman–Crippen MR) is 116 cm³/mol. The van der Waals surface area contributed by atoms with Crippen molar-refractivity contribution in [3.8, 4) is 11.5 Å². The van der Waals surface area contributed by atoms with Gasteiger partial charge in [-0.1, -0.05) is 6.92 Å². The molecule has 0 bridgehead atoms. The molecule has 1 fully saturated rings. The van der Waals surface area contributed by atoms with Gasteiger partial charge in [0.05, 0.1) is 32.8 Å². The minimum atomic E-state index is -0.417. The smallest absolute Gasteiger partial charge is 0.291 e. The number of hydrazone groups is 1. The van der Waals surface area contributed by atoms with Crippen molar-refractivity contribution < 1.29 is 14.3 Å². The fourth-order valence-electron chi connectivity index (χ4n) is 3.26. The van der Waals surface area contributed by atoms with Crippen LogP contribution in [-0.4, -0.2) is 73.9 Å². The number of amides is 1. The second-order valence-corrected chi connectivity index (χ2v) is 6.94. The van der Waals surface area contributed by atoms with Gasteiger partial charge < -0.3 is 14.4 Å². The van der Waals surface area contributed by atoms with E-state index in [9.17, 15) is 4.79 Å². The van der Waals surface area contributed by atoms with Crippen LogP contribution in [0.5, 0.6) is 11.5 Å². The van der Waals surface area contributed by atoms with Gasteiger partial charge in [-0.2, -0.15) is 5.10 Å². The van der Waals surface area contributed by atoms with Crippen molar-refractivity contribution in [1.82, 2.24) is 20.3 Å². The standard InChI is InChI=1S/C21H28N6O3/c1-4-5-26-6-8-27(9-7-26)20-15-22-14-19(24-20)21(28)25-23-13-16-10-17(29-2)12-18(11-16)30-3/h10-15H,4-9H2,1-3H3,(H,25,28). The van der Waals surface area contributed by atoms with E-state index >= 15 is 0 Å². The summed E-state index contributed by atoms with van der Waals surface area (Å²) in [5.41, 5.74) is 3.45. The van der Waals surface area contributed by atoms with Crippen LogP contribution in [0.1, 0.15) is 29.4 Å². The summed E-state index contributed by atoms with van der Waals surface area (Å²) in [6, 6.07) is 5.34. The van der Waals surface area contributed by atoms with Gasteiger partial charge in [-0.25, -0.2) is 10.4 Å². The fraction of sp³-hybridized carbons (Fsp3) is 0.429. The van der Waals surface area contributed by atoms with E-state index in [1.165, 1.54) is 12.4 Å². The lowest BCUT2D eigenvalue weighted by Crippen LogP contribution is -2.47. The van der Waals surface area contributed by atoms with Gasteiger partial charge in [0, 0.05) is 37.8 Å². The number of rotatable bonds is 8. The van der Waals surface area contributed by atoms with E-state index in [1.54, 1.807) is 38.6 Å². The molecule has 1 amide bonds. The van der Waals surface area contributed by atoms with Gasteiger partial charge >= 0.3 is 0 Å². The van der Waals surface area contributed by atoms with E-state index < -0.39 is 5.91 Å². The number of nitrogens with one attached hydrogen (secondary N) is 1.